The lowest BCUT2D eigenvalue weighted by Gasteiger charge is -2.17. The Morgan fingerprint density at radius 1 is 1.19 bits per heavy atom. The monoisotopic (exact) mass is 306 g/mol. The van der Waals surface area contributed by atoms with Gasteiger partial charge in [0.2, 0.25) is 0 Å². The molecule has 1 aromatic carbocycles. The van der Waals surface area contributed by atoms with Crippen LogP contribution >= 0.6 is 0 Å². The molecule has 5 heteroatoms. The van der Waals surface area contributed by atoms with E-state index in [1.807, 2.05) is 37.3 Å². The third-order valence-corrected chi connectivity index (χ3v) is 4.47. The van der Waals surface area contributed by atoms with E-state index in [0.717, 1.165) is 29.6 Å². The van der Waals surface area contributed by atoms with Crippen LogP contribution in [-0.2, 0) is 9.84 Å². The van der Waals surface area contributed by atoms with Gasteiger partial charge in [-0.25, -0.2) is 8.42 Å². The van der Waals surface area contributed by atoms with Crippen molar-refractivity contribution in [3.63, 3.8) is 0 Å². The predicted molar refractivity (Wildman–Crippen MR) is 87.1 cm³/mol. The Hall–Kier alpha value is -1.46. The fraction of sp³-hybridized carbons (Fsp3) is 0.438. The van der Waals surface area contributed by atoms with Gasteiger partial charge < -0.3 is 5.32 Å². The number of benzene rings is 1. The maximum atomic E-state index is 11.2. The highest BCUT2D eigenvalue weighted by molar-refractivity contribution is 7.90. The van der Waals surface area contributed by atoms with Crippen LogP contribution in [0.2, 0.25) is 0 Å². The second kappa shape index (κ2) is 7.00. The van der Waals surface area contributed by atoms with E-state index in [4.69, 9.17) is 4.98 Å². The summed E-state index contributed by atoms with van der Waals surface area (Å²) in [6, 6.07) is 12.2. The van der Waals surface area contributed by atoms with Crippen molar-refractivity contribution in [1.29, 1.82) is 0 Å². The summed E-state index contributed by atoms with van der Waals surface area (Å²) in [6.45, 7) is 2.88. The van der Waals surface area contributed by atoms with Gasteiger partial charge in [-0.15, -0.1) is 0 Å². The van der Waals surface area contributed by atoms with E-state index in [-0.39, 0.29) is 11.8 Å². The third kappa shape index (κ3) is 4.79. The quantitative estimate of drug-likeness (QED) is 0.854. The highest BCUT2D eigenvalue weighted by Crippen LogP contribution is 2.20. The molecule has 0 amide bonds. The first-order valence-corrected chi connectivity index (χ1v) is 9.32. The normalized spacial score (nSPS) is 13.4. The Balaban J connectivity index is 2.15. The Kier molecular flexibility index (Phi) is 5.31. The second-order valence-electron chi connectivity index (χ2n) is 5.31. The minimum Gasteiger partial charge on any atom is -0.309 e. The first-order chi connectivity index (χ1) is 9.99. The maximum absolute atomic E-state index is 11.2. The summed E-state index contributed by atoms with van der Waals surface area (Å²) in [6.07, 6.45) is 2.70. The molecule has 0 aliphatic carbocycles. The lowest BCUT2D eigenvalue weighted by Crippen LogP contribution is -2.22. The van der Waals surface area contributed by atoms with Gasteiger partial charge in [0.25, 0.3) is 0 Å². The summed E-state index contributed by atoms with van der Waals surface area (Å²) < 4.78 is 22.5. The molecule has 1 heterocycles. The number of aromatic nitrogens is 1. The summed E-state index contributed by atoms with van der Waals surface area (Å²) >= 11 is 0. The topological polar surface area (TPSA) is 59.1 Å². The molecule has 1 N–H and O–H groups in total. The van der Waals surface area contributed by atoms with Crippen LogP contribution in [0.5, 0.6) is 0 Å². The lowest BCUT2D eigenvalue weighted by atomic mass is 10.1. The molecule has 0 spiro atoms. The van der Waals surface area contributed by atoms with Crippen molar-refractivity contribution < 1.29 is 8.42 Å². The van der Waals surface area contributed by atoms with Crippen molar-refractivity contribution in [2.75, 3.05) is 18.6 Å². The highest BCUT2D eigenvalue weighted by atomic mass is 32.2. The number of hydrogen-bond acceptors (Lipinski definition) is 4. The van der Waals surface area contributed by atoms with E-state index < -0.39 is 9.84 Å². The van der Waals surface area contributed by atoms with Gasteiger partial charge in [-0.3, -0.25) is 4.98 Å². The van der Waals surface area contributed by atoms with E-state index in [1.54, 1.807) is 0 Å². The predicted octanol–water partition coefficient (Wildman–Crippen LogP) is 2.71. The molecular formula is C16H22N2O2S. The number of fused-ring (bicyclic) bond motifs is 1. The molecule has 1 aromatic heterocycles. The average molecular weight is 306 g/mol. The standard InChI is InChI=1S/C16H22N2O2S/c1-3-17-15(9-6-12-21(2,19)20)16-11-10-13-7-4-5-8-14(13)18-16/h4-5,7-8,10-11,15,17H,3,6,9,12H2,1-2H3. The molecule has 0 saturated heterocycles. The van der Waals surface area contributed by atoms with Crippen molar-refractivity contribution in [1.82, 2.24) is 10.3 Å². The zero-order chi connectivity index (χ0) is 15.3. The van der Waals surface area contributed by atoms with Crippen LogP contribution in [0.4, 0.5) is 0 Å². The lowest BCUT2D eigenvalue weighted by molar-refractivity contribution is 0.497. The summed E-state index contributed by atoms with van der Waals surface area (Å²) in [5, 5.41) is 4.51. The van der Waals surface area contributed by atoms with Crippen molar-refractivity contribution in [3.05, 3.63) is 42.1 Å². The van der Waals surface area contributed by atoms with Crippen molar-refractivity contribution in [2.24, 2.45) is 0 Å². The van der Waals surface area contributed by atoms with E-state index in [9.17, 15) is 8.42 Å². The molecule has 0 radical (unpaired) electrons. The molecule has 114 valence electrons. The summed E-state index contributed by atoms with van der Waals surface area (Å²) in [4.78, 5) is 4.70. The van der Waals surface area contributed by atoms with Crippen LogP contribution in [-0.4, -0.2) is 32.0 Å². The Bertz CT molecular complexity index is 698. The fourth-order valence-electron chi connectivity index (χ4n) is 2.43. The first kappa shape index (κ1) is 15.9. The molecule has 0 aliphatic rings. The van der Waals surface area contributed by atoms with E-state index in [2.05, 4.69) is 11.4 Å². The molecule has 2 aromatic rings. The van der Waals surface area contributed by atoms with Gasteiger partial charge in [0.05, 0.1) is 11.2 Å². The molecular weight excluding hydrogens is 284 g/mol. The molecule has 4 nitrogen and oxygen atoms in total. The van der Waals surface area contributed by atoms with Crippen LogP contribution in [0.1, 0.15) is 31.5 Å². The second-order valence-corrected chi connectivity index (χ2v) is 7.57. The number of para-hydroxylation sites is 1. The van der Waals surface area contributed by atoms with Gasteiger partial charge in [0, 0.05) is 23.4 Å². The van der Waals surface area contributed by atoms with Gasteiger partial charge >= 0.3 is 0 Å². The van der Waals surface area contributed by atoms with Crippen LogP contribution < -0.4 is 5.32 Å². The van der Waals surface area contributed by atoms with E-state index >= 15 is 0 Å². The van der Waals surface area contributed by atoms with Crippen LogP contribution in [0, 0.1) is 0 Å². The van der Waals surface area contributed by atoms with Crippen LogP contribution in [0.25, 0.3) is 10.9 Å². The molecule has 0 aliphatic heterocycles. The van der Waals surface area contributed by atoms with E-state index in [1.165, 1.54) is 6.26 Å². The third-order valence-electron chi connectivity index (χ3n) is 3.44. The maximum Gasteiger partial charge on any atom is 0.147 e. The minimum atomic E-state index is -2.90. The van der Waals surface area contributed by atoms with Crippen LogP contribution in [0.15, 0.2) is 36.4 Å². The molecule has 21 heavy (non-hydrogen) atoms. The summed E-state index contributed by atoms with van der Waals surface area (Å²) in [7, 11) is -2.90. The van der Waals surface area contributed by atoms with Gasteiger partial charge in [0.1, 0.15) is 9.84 Å². The minimum absolute atomic E-state index is 0.0985. The average Bonchev–Trinajstić information content (AvgIpc) is 2.44. The van der Waals surface area contributed by atoms with Crippen molar-refractivity contribution >= 4 is 20.7 Å². The molecule has 1 atom stereocenters. The smallest absolute Gasteiger partial charge is 0.147 e. The number of sulfone groups is 1. The zero-order valence-electron chi connectivity index (χ0n) is 12.5. The Morgan fingerprint density at radius 3 is 2.67 bits per heavy atom. The Labute approximate surface area is 126 Å². The highest BCUT2D eigenvalue weighted by Gasteiger charge is 2.13. The largest absolute Gasteiger partial charge is 0.309 e. The summed E-state index contributed by atoms with van der Waals surface area (Å²) in [5.74, 6) is 0.225. The Morgan fingerprint density at radius 2 is 1.95 bits per heavy atom. The number of nitrogens with one attached hydrogen (secondary N) is 1. The number of pyridine rings is 1. The van der Waals surface area contributed by atoms with Crippen molar-refractivity contribution in [3.8, 4) is 0 Å². The fourth-order valence-corrected chi connectivity index (χ4v) is 3.12. The van der Waals surface area contributed by atoms with Gasteiger partial charge in [-0.2, -0.15) is 0 Å². The van der Waals surface area contributed by atoms with Gasteiger partial charge in [-0.1, -0.05) is 31.2 Å². The molecule has 1 unspecified atom stereocenters. The number of hydrogen-bond donors (Lipinski definition) is 1. The summed E-state index contributed by atoms with van der Waals surface area (Å²) in [5.41, 5.74) is 1.95. The van der Waals surface area contributed by atoms with Gasteiger partial charge in [0.15, 0.2) is 0 Å². The number of rotatable bonds is 7. The van der Waals surface area contributed by atoms with E-state index in [0.29, 0.717) is 6.42 Å². The molecule has 0 fully saturated rings. The first-order valence-electron chi connectivity index (χ1n) is 7.26. The molecule has 2 rings (SSSR count). The molecule has 0 saturated carbocycles. The zero-order valence-corrected chi connectivity index (χ0v) is 13.4. The SMILES string of the molecule is CCNC(CCCS(C)(=O)=O)c1ccc2ccccc2n1. The van der Waals surface area contributed by atoms with Crippen LogP contribution in [0.3, 0.4) is 0 Å². The molecule has 0 bridgehead atoms. The van der Waals surface area contributed by atoms with Crippen molar-refractivity contribution in [2.45, 2.75) is 25.8 Å². The van der Waals surface area contributed by atoms with Gasteiger partial charge in [-0.05, 0) is 31.5 Å². The number of nitrogens with zero attached hydrogens (tertiary/aromatic N) is 1.